The summed E-state index contributed by atoms with van der Waals surface area (Å²) in [6.45, 7) is 6.87. The highest BCUT2D eigenvalue weighted by atomic mass is 32.2. The average molecular weight is 509 g/mol. The first kappa shape index (κ1) is 24.9. The highest BCUT2D eigenvalue weighted by molar-refractivity contribution is 7.88. The first-order valence-corrected chi connectivity index (χ1v) is 14.4. The van der Waals surface area contributed by atoms with Crippen LogP contribution in [0.3, 0.4) is 0 Å². The Balaban J connectivity index is 1.79. The maximum atomic E-state index is 12.5. The summed E-state index contributed by atoms with van der Waals surface area (Å²) in [6.07, 6.45) is 10.0. The fourth-order valence-electron chi connectivity index (χ4n) is 6.23. The number of ether oxygens (including phenoxy) is 2. The third-order valence-corrected chi connectivity index (χ3v) is 9.08. The second kappa shape index (κ2) is 8.67. The summed E-state index contributed by atoms with van der Waals surface area (Å²) in [7, 11) is -0.00466. The minimum Gasteiger partial charge on any atom is -0.496 e. The molecule has 2 atom stereocenters. The Morgan fingerprint density at radius 2 is 1.94 bits per heavy atom. The van der Waals surface area contributed by atoms with Crippen LogP contribution < -0.4 is 14.8 Å². The topological polar surface area (TPSA) is 67.9 Å². The van der Waals surface area contributed by atoms with Crippen molar-refractivity contribution in [2.45, 2.75) is 51.7 Å². The summed E-state index contributed by atoms with van der Waals surface area (Å²) >= 11 is 0. The maximum Gasteiger partial charge on any atom is 0.210 e. The van der Waals surface area contributed by atoms with Crippen molar-refractivity contribution in [3.05, 3.63) is 59.7 Å². The lowest BCUT2D eigenvalue weighted by Crippen LogP contribution is -2.45. The molecule has 0 saturated heterocycles. The molecule has 1 unspecified atom stereocenters. The highest BCUT2D eigenvalue weighted by Gasteiger charge is 2.48. The van der Waals surface area contributed by atoms with Gasteiger partial charge in [0.2, 0.25) is 10.0 Å². The van der Waals surface area contributed by atoms with Gasteiger partial charge in [0.25, 0.3) is 0 Å². The number of methoxy groups -OCH3 is 1. The fraction of sp³-hybridized carbons (Fsp3) is 0.448. The largest absolute Gasteiger partial charge is 0.496 e. The number of benzene rings is 2. The molecule has 7 heteroatoms. The van der Waals surface area contributed by atoms with Crippen LogP contribution in [0.15, 0.2) is 48.6 Å². The smallest absolute Gasteiger partial charge is 0.210 e. The Hall–Kier alpha value is -2.77. The summed E-state index contributed by atoms with van der Waals surface area (Å²) in [6, 6.07) is 10.2. The van der Waals surface area contributed by atoms with Gasteiger partial charge in [0.15, 0.2) is 0 Å². The van der Waals surface area contributed by atoms with E-state index in [1.165, 1.54) is 16.1 Å². The normalized spacial score (nSPS) is 24.1. The molecule has 2 aromatic carbocycles. The van der Waals surface area contributed by atoms with Crippen LogP contribution in [0.1, 0.15) is 57.3 Å². The molecule has 192 valence electrons. The Morgan fingerprint density at radius 1 is 1.17 bits per heavy atom. The average Bonchev–Trinajstić information content (AvgIpc) is 2.81. The lowest BCUT2D eigenvalue weighted by Gasteiger charge is -2.47. The third kappa shape index (κ3) is 4.12. The van der Waals surface area contributed by atoms with Crippen LogP contribution in [-0.2, 0) is 10.0 Å². The zero-order valence-corrected chi connectivity index (χ0v) is 22.8. The van der Waals surface area contributed by atoms with E-state index in [0.29, 0.717) is 6.54 Å². The van der Waals surface area contributed by atoms with Crippen LogP contribution in [0.2, 0.25) is 0 Å². The molecular formula is C29H36N2O4S. The van der Waals surface area contributed by atoms with Gasteiger partial charge >= 0.3 is 0 Å². The summed E-state index contributed by atoms with van der Waals surface area (Å²) < 4.78 is 39.3. The van der Waals surface area contributed by atoms with Crippen LogP contribution in [-0.4, -0.2) is 45.2 Å². The van der Waals surface area contributed by atoms with E-state index < -0.39 is 15.4 Å². The van der Waals surface area contributed by atoms with E-state index in [2.05, 4.69) is 56.4 Å². The number of nitrogens with zero attached hydrogens (tertiary/aromatic N) is 1. The van der Waals surface area contributed by atoms with Crippen molar-refractivity contribution in [1.82, 2.24) is 4.31 Å². The number of rotatable bonds is 5. The van der Waals surface area contributed by atoms with Gasteiger partial charge in [-0.3, -0.25) is 0 Å². The SMILES string of the molecule is COc1cccc2c1-c1ccc3c(c1[C@H](C1(CN(C)S(C)(=O)=O)CC=CCC1)O2)C(C)=CC(C)(C)N3. The molecule has 0 radical (unpaired) electrons. The standard InChI is InChI=1S/C29H36N2O4S/c1-19-17-28(2,3)30-21-14-13-20-25-22(34-5)11-10-12-23(25)35-27(26(20)24(19)21)29(15-8-7-9-16-29)18-31(4)36(6,32)33/h7-8,10-14,17,27,30H,9,15-16,18H2,1-6H3/t27-,29?/m1/s1. The van der Waals surface area contributed by atoms with Gasteiger partial charge < -0.3 is 14.8 Å². The molecule has 0 aromatic heterocycles. The molecule has 1 N–H and O–H groups in total. The molecule has 5 rings (SSSR count). The van der Waals surface area contributed by atoms with Crippen molar-refractivity contribution in [2.75, 3.05) is 32.3 Å². The predicted octanol–water partition coefficient (Wildman–Crippen LogP) is 6.02. The van der Waals surface area contributed by atoms with E-state index in [1.807, 2.05) is 18.2 Å². The van der Waals surface area contributed by atoms with Gasteiger partial charge in [0.05, 0.1) is 24.5 Å². The minimum atomic E-state index is -3.36. The first-order valence-electron chi connectivity index (χ1n) is 12.5. The van der Waals surface area contributed by atoms with Crippen molar-refractivity contribution >= 4 is 21.3 Å². The number of hydrogen-bond acceptors (Lipinski definition) is 5. The van der Waals surface area contributed by atoms with Crippen LogP contribution in [0.25, 0.3) is 16.7 Å². The van der Waals surface area contributed by atoms with Gasteiger partial charge in [0.1, 0.15) is 17.6 Å². The molecular weight excluding hydrogens is 472 g/mol. The first-order chi connectivity index (χ1) is 17.0. The lowest BCUT2D eigenvalue weighted by atomic mass is 9.67. The number of nitrogens with one attached hydrogen (secondary N) is 1. The van der Waals surface area contributed by atoms with E-state index in [0.717, 1.165) is 58.7 Å². The van der Waals surface area contributed by atoms with Crippen LogP contribution in [0, 0.1) is 5.41 Å². The van der Waals surface area contributed by atoms with Crippen molar-refractivity contribution in [2.24, 2.45) is 5.41 Å². The summed E-state index contributed by atoms with van der Waals surface area (Å²) in [5.74, 6) is 1.54. The molecule has 2 aliphatic heterocycles. The number of anilines is 1. The van der Waals surface area contributed by atoms with E-state index >= 15 is 0 Å². The maximum absolute atomic E-state index is 12.5. The molecule has 3 aliphatic rings. The monoisotopic (exact) mass is 508 g/mol. The van der Waals surface area contributed by atoms with Gasteiger partial charge in [-0.05, 0) is 69.4 Å². The van der Waals surface area contributed by atoms with Crippen LogP contribution in [0.4, 0.5) is 5.69 Å². The van der Waals surface area contributed by atoms with E-state index in [-0.39, 0.29) is 11.6 Å². The summed E-state index contributed by atoms with van der Waals surface area (Å²) in [5.41, 5.74) is 5.95. The predicted molar refractivity (Wildman–Crippen MR) is 146 cm³/mol. The number of fused-ring (bicyclic) bond motifs is 5. The summed E-state index contributed by atoms with van der Waals surface area (Å²) in [5, 5.41) is 3.69. The van der Waals surface area contributed by atoms with Crippen molar-refractivity contribution in [1.29, 1.82) is 0 Å². The summed E-state index contributed by atoms with van der Waals surface area (Å²) in [4.78, 5) is 0. The van der Waals surface area contributed by atoms with Crippen LogP contribution in [0.5, 0.6) is 11.5 Å². The van der Waals surface area contributed by atoms with Gasteiger partial charge in [-0.1, -0.05) is 30.4 Å². The second-order valence-corrected chi connectivity index (χ2v) is 13.1. The molecule has 0 saturated carbocycles. The molecule has 36 heavy (non-hydrogen) atoms. The Kier molecular flexibility index (Phi) is 5.99. The zero-order chi connectivity index (χ0) is 25.9. The Labute approximate surface area is 215 Å². The fourth-order valence-corrected chi connectivity index (χ4v) is 6.72. The molecule has 0 amide bonds. The number of allylic oxidation sites excluding steroid dienone is 3. The Bertz CT molecular complexity index is 1380. The number of sulfonamides is 1. The molecule has 0 spiro atoms. The van der Waals surface area contributed by atoms with Crippen molar-refractivity contribution < 1.29 is 17.9 Å². The van der Waals surface area contributed by atoms with E-state index in [4.69, 9.17) is 9.47 Å². The quantitative estimate of drug-likeness (QED) is 0.500. The van der Waals surface area contributed by atoms with Gasteiger partial charge in [0, 0.05) is 35.8 Å². The second-order valence-electron chi connectivity index (χ2n) is 11.1. The minimum absolute atomic E-state index is 0.173. The molecule has 2 heterocycles. The lowest BCUT2D eigenvalue weighted by molar-refractivity contribution is 0.0222. The molecule has 0 fully saturated rings. The highest BCUT2D eigenvalue weighted by Crippen LogP contribution is 2.58. The molecule has 2 aromatic rings. The van der Waals surface area contributed by atoms with Crippen molar-refractivity contribution in [3.63, 3.8) is 0 Å². The third-order valence-electron chi connectivity index (χ3n) is 7.82. The molecule has 6 nitrogen and oxygen atoms in total. The van der Waals surface area contributed by atoms with Gasteiger partial charge in [-0.25, -0.2) is 12.7 Å². The van der Waals surface area contributed by atoms with Crippen LogP contribution >= 0.6 is 0 Å². The van der Waals surface area contributed by atoms with E-state index in [9.17, 15) is 8.42 Å². The molecule has 1 aliphatic carbocycles. The zero-order valence-electron chi connectivity index (χ0n) is 22.0. The number of hydrogen-bond donors (Lipinski definition) is 1. The van der Waals surface area contributed by atoms with Gasteiger partial charge in [-0.15, -0.1) is 0 Å². The molecule has 0 bridgehead atoms. The van der Waals surface area contributed by atoms with E-state index in [1.54, 1.807) is 14.2 Å². The Morgan fingerprint density at radius 3 is 2.61 bits per heavy atom. The van der Waals surface area contributed by atoms with Gasteiger partial charge in [-0.2, -0.15) is 0 Å². The van der Waals surface area contributed by atoms with Crippen molar-refractivity contribution in [3.8, 4) is 22.6 Å².